The van der Waals surface area contributed by atoms with Crippen molar-refractivity contribution >= 4 is 43.9 Å². The SMILES string of the molecule is c1ccc2c(c1)-c1ccccc1C21c2ccc3c(oc4ccccc43)c2-c2c1ccc1c2oc2ccccc21. The van der Waals surface area contributed by atoms with E-state index in [-0.39, 0.29) is 0 Å². The summed E-state index contributed by atoms with van der Waals surface area (Å²) < 4.78 is 13.4. The predicted molar refractivity (Wildman–Crippen MR) is 157 cm³/mol. The molecule has 0 saturated heterocycles. The van der Waals surface area contributed by atoms with E-state index in [1.54, 1.807) is 0 Å². The minimum Gasteiger partial charge on any atom is -0.455 e. The molecule has 0 saturated carbocycles. The highest BCUT2D eigenvalue weighted by atomic mass is 16.3. The zero-order valence-electron chi connectivity index (χ0n) is 20.9. The second-order valence-corrected chi connectivity index (χ2v) is 10.8. The Hall–Kier alpha value is -5.08. The molecule has 39 heavy (non-hydrogen) atoms. The Morgan fingerprint density at radius 3 is 1.31 bits per heavy atom. The molecule has 2 aromatic heterocycles. The number of para-hydroxylation sites is 2. The molecule has 10 rings (SSSR count). The number of fused-ring (bicyclic) bond motifs is 18. The lowest BCUT2D eigenvalue weighted by molar-refractivity contribution is 0.665. The van der Waals surface area contributed by atoms with Crippen LogP contribution in [0.5, 0.6) is 0 Å². The van der Waals surface area contributed by atoms with Gasteiger partial charge in [-0.1, -0.05) is 109 Å². The fourth-order valence-corrected chi connectivity index (χ4v) is 7.66. The van der Waals surface area contributed by atoms with Crippen LogP contribution in [0.25, 0.3) is 66.1 Å². The minimum absolute atomic E-state index is 0.446. The van der Waals surface area contributed by atoms with Crippen LogP contribution >= 0.6 is 0 Å². The van der Waals surface area contributed by atoms with Crippen molar-refractivity contribution in [2.45, 2.75) is 5.41 Å². The van der Waals surface area contributed by atoms with Gasteiger partial charge in [-0.05, 0) is 45.5 Å². The summed E-state index contributed by atoms with van der Waals surface area (Å²) >= 11 is 0. The van der Waals surface area contributed by atoms with Gasteiger partial charge in [0.05, 0.1) is 5.41 Å². The van der Waals surface area contributed by atoms with Gasteiger partial charge in [-0.3, -0.25) is 0 Å². The summed E-state index contributed by atoms with van der Waals surface area (Å²) in [6.07, 6.45) is 0. The number of furan rings is 2. The van der Waals surface area contributed by atoms with E-state index in [2.05, 4.69) is 109 Å². The molecule has 180 valence electrons. The van der Waals surface area contributed by atoms with E-state index in [4.69, 9.17) is 8.83 Å². The van der Waals surface area contributed by atoms with Crippen LogP contribution in [0.2, 0.25) is 0 Å². The van der Waals surface area contributed by atoms with Gasteiger partial charge in [0, 0.05) is 32.7 Å². The quantitative estimate of drug-likeness (QED) is 0.209. The van der Waals surface area contributed by atoms with Crippen molar-refractivity contribution in [3.05, 3.63) is 144 Å². The summed E-state index contributed by atoms with van der Waals surface area (Å²) in [4.78, 5) is 0. The van der Waals surface area contributed by atoms with Crippen LogP contribution in [-0.4, -0.2) is 0 Å². The Bertz CT molecular complexity index is 2180. The monoisotopic (exact) mass is 496 g/mol. The average molecular weight is 497 g/mol. The highest BCUT2D eigenvalue weighted by molar-refractivity contribution is 6.19. The van der Waals surface area contributed by atoms with Crippen molar-refractivity contribution in [1.29, 1.82) is 0 Å². The molecule has 2 nitrogen and oxygen atoms in total. The highest BCUT2D eigenvalue weighted by Gasteiger charge is 2.53. The van der Waals surface area contributed by atoms with Crippen molar-refractivity contribution < 1.29 is 8.83 Å². The van der Waals surface area contributed by atoms with Gasteiger partial charge in [0.1, 0.15) is 22.3 Å². The Morgan fingerprint density at radius 2 is 0.795 bits per heavy atom. The van der Waals surface area contributed by atoms with Gasteiger partial charge in [-0.25, -0.2) is 0 Å². The number of hydrogen-bond donors (Lipinski definition) is 0. The van der Waals surface area contributed by atoms with Crippen LogP contribution in [-0.2, 0) is 5.41 Å². The lowest BCUT2D eigenvalue weighted by Gasteiger charge is -2.30. The molecule has 0 bridgehead atoms. The summed E-state index contributed by atoms with van der Waals surface area (Å²) in [6.45, 7) is 0. The molecule has 2 aliphatic rings. The lowest BCUT2D eigenvalue weighted by atomic mass is 9.70. The first kappa shape index (κ1) is 20.0. The van der Waals surface area contributed by atoms with Crippen LogP contribution in [0.15, 0.2) is 130 Å². The summed E-state index contributed by atoms with van der Waals surface area (Å²) in [5, 5.41) is 4.56. The molecule has 0 fully saturated rings. The molecule has 0 unspecified atom stereocenters. The van der Waals surface area contributed by atoms with Gasteiger partial charge < -0.3 is 8.83 Å². The van der Waals surface area contributed by atoms with Crippen molar-refractivity contribution in [2.75, 3.05) is 0 Å². The van der Waals surface area contributed by atoms with E-state index >= 15 is 0 Å². The van der Waals surface area contributed by atoms with Crippen molar-refractivity contribution in [1.82, 2.24) is 0 Å². The van der Waals surface area contributed by atoms with E-state index in [1.165, 1.54) is 33.4 Å². The Morgan fingerprint density at radius 1 is 0.359 bits per heavy atom. The normalized spacial score (nSPS) is 14.4. The first-order valence-corrected chi connectivity index (χ1v) is 13.4. The fraction of sp³-hybridized carbons (Fsp3) is 0.0270. The summed E-state index contributed by atoms with van der Waals surface area (Å²) in [7, 11) is 0. The number of hydrogen-bond acceptors (Lipinski definition) is 2. The van der Waals surface area contributed by atoms with E-state index in [0.29, 0.717) is 0 Å². The molecule has 0 aliphatic heterocycles. The maximum Gasteiger partial charge on any atom is 0.143 e. The molecule has 0 amide bonds. The summed E-state index contributed by atoms with van der Waals surface area (Å²) in [6, 6.07) is 43.7. The van der Waals surface area contributed by atoms with Gasteiger partial charge in [0.2, 0.25) is 0 Å². The van der Waals surface area contributed by atoms with Crippen LogP contribution in [0.3, 0.4) is 0 Å². The summed E-state index contributed by atoms with van der Waals surface area (Å²) in [5.74, 6) is 0. The third-order valence-corrected chi connectivity index (χ3v) is 9.10. The Kier molecular flexibility index (Phi) is 3.41. The molecule has 1 spiro atoms. The Balaban J connectivity index is 1.49. The third kappa shape index (κ3) is 2.15. The highest BCUT2D eigenvalue weighted by Crippen LogP contribution is 2.65. The second kappa shape index (κ2) is 6.67. The van der Waals surface area contributed by atoms with Crippen molar-refractivity contribution in [2.24, 2.45) is 0 Å². The van der Waals surface area contributed by atoms with Crippen LogP contribution in [0.1, 0.15) is 22.3 Å². The smallest absolute Gasteiger partial charge is 0.143 e. The molecule has 8 aromatic rings. The molecular weight excluding hydrogens is 476 g/mol. The molecule has 0 radical (unpaired) electrons. The van der Waals surface area contributed by atoms with Gasteiger partial charge in [0.15, 0.2) is 0 Å². The van der Waals surface area contributed by atoms with Crippen LogP contribution in [0, 0.1) is 0 Å². The number of benzene rings is 6. The lowest BCUT2D eigenvalue weighted by Crippen LogP contribution is -2.25. The maximum absolute atomic E-state index is 6.71. The third-order valence-electron chi connectivity index (χ3n) is 9.10. The van der Waals surface area contributed by atoms with Gasteiger partial charge in [0.25, 0.3) is 0 Å². The average Bonchev–Trinajstić information content (AvgIpc) is 3.71. The topological polar surface area (TPSA) is 26.3 Å². The van der Waals surface area contributed by atoms with Gasteiger partial charge in [-0.2, -0.15) is 0 Å². The molecule has 2 aliphatic carbocycles. The van der Waals surface area contributed by atoms with E-state index in [9.17, 15) is 0 Å². The first-order chi connectivity index (χ1) is 19.4. The van der Waals surface area contributed by atoms with Crippen molar-refractivity contribution in [3.63, 3.8) is 0 Å². The molecule has 2 heterocycles. The van der Waals surface area contributed by atoms with Crippen LogP contribution in [0.4, 0.5) is 0 Å². The molecule has 0 atom stereocenters. The molecular formula is C37H20O2. The zero-order valence-corrected chi connectivity index (χ0v) is 20.9. The largest absolute Gasteiger partial charge is 0.455 e. The van der Waals surface area contributed by atoms with E-state index in [1.807, 2.05) is 12.1 Å². The zero-order chi connectivity index (χ0) is 25.3. The molecule has 6 aromatic carbocycles. The summed E-state index contributed by atoms with van der Waals surface area (Å²) in [5.41, 5.74) is 13.3. The maximum atomic E-state index is 6.71. The Labute approximate surface area is 223 Å². The molecule has 0 N–H and O–H groups in total. The van der Waals surface area contributed by atoms with E-state index < -0.39 is 5.41 Å². The first-order valence-electron chi connectivity index (χ1n) is 13.4. The van der Waals surface area contributed by atoms with E-state index in [0.717, 1.165) is 55.0 Å². The minimum atomic E-state index is -0.446. The standard InChI is InChI=1S/C37H20O2/c1-5-13-27-21(9-1)22-10-2-6-14-28(22)37(27)29-19-17-25-23-11-3-7-15-31(23)38-35(25)33(29)34-30(37)20-18-26-24-12-4-8-16-32(24)39-36(26)34/h1-20H. The fourth-order valence-electron chi connectivity index (χ4n) is 7.66. The number of rotatable bonds is 0. The van der Waals surface area contributed by atoms with Crippen molar-refractivity contribution in [3.8, 4) is 22.3 Å². The molecule has 2 heteroatoms. The second-order valence-electron chi connectivity index (χ2n) is 10.8. The van der Waals surface area contributed by atoms with Crippen LogP contribution < -0.4 is 0 Å². The van der Waals surface area contributed by atoms with Gasteiger partial charge in [-0.15, -0.1) is 0 Å². The van der Waals surface area contributed by atoms with Gasteiger partial charge >= 0.3 is 0 Å². The predicted octanol–water partition coefficient (Wildman–Crippen LogP) is 9.83.